The molecule has 1 aromatic rings. The van der Waals surface area contributed by atoms with Crippen molar-refractivity contribution in [2.75, 3.05) is 13.3 Å². The van der Waals surface area contributed by atoms with E-state index in [1.165, 1.54) is 0 Å². The number of ether oxygens (including phenoxy) is 2. The zero-order chi connectivity index (χ0) is 12.3. The first-order chi connectivity index (χ1) is 8.16. The van der Waals surface area contributed by atoms with Gasteiger partial charge in [0.05, 0.1) is 0 Å². The molecule has 1 aliphatic heterocycles. The van der Waals surface area contributed by atoms with E-state index in [-0.39, 0.29) is 12.7 Å². The van der Waals surface area contributed by atoms with E-state index in [0.29, 0.717) is 29.5 Å². The molecule has 0 radical (unpaired) electrons. The van der Waals surface area contributed by atoms with Gasteiger partial charge in [0.1, 0.15) is 0 Å². The van der Waals surface area contributed by atoms with E-state index in [9.17, 15) is 4.79 Å². The third-order valence-corrected chi connectivity index (χ3v) is 2.64. The number of rotatable bonds is 4. The Labute approximate surface area is 101 Å². The quantitative estimate of drug-likeness (QED) is 0.870. The fourth-order valence-corrected chi connectivity index (χ4v) is 1.61. The summed E-state index contributed by atoms with van der Waals surface area (Å²) < 4.78 is 10.4. The Balaban J connectivity index is 1.95. The van der Waals surface area contributed by atoms with Crippen LogP contribution in [0.25, 0.3) is 0 Å². The summed E-state index contributed by atoms with van der Waals surface area (Å²) in [6, 6.07) is 5.23. The standard InChI is InChI=1S/C13H17NO3/c1-9(2)5-6-14-13(15)10-3-4-11-12(7-10)17-8-16-11/h3-4,7,9H,5-6,8H2,1-2H3,(H,14,15). The minimum absolute atomic E-state index is 0.0658. The number of benzene rings is 1. The molecular formula is C13H17NO3. The number of carbonyl (C=O) groups is 1. The van der Waals surface area contributed by atoms with Crippen LogP contribution in [0.5, 0.6) is 11.5 Å². The molecule has 4 nitrogen and oxygen atoms in total. The Bertz CT molecular complexity index is 415. The molecular weight excluding hydrogens is 218 g/mol. The summed E-state index contributed by atoms with van der Waals surface area (Å²) in [5, 5.41) is 2.89. The Morgan fingerprint density at radius 1 is 1.35 bits per heavy atom. The lowest BCUT2D eigenvalue weighted by Crippen LogP contribution is -2.25. The summed E-state index contributed by atoms with van der Waals surface area (Å²) in [4.78, 5) is 11.8. The Morgan fingerprint density at radius 2 is 2.12 bits per heavy atom. The number of carbonyl (C=O) groups excluding carboxylic acids is 1. The van der Waals surface area contributed by atoms with Crippen LogP contribution in [-0.4, -0.2) is 19.2 Å². The van der Waals surface area contributed by atoms with Crippen LogP contribution in [0.1, 0.15) is 30.6 Å². The highest BCUT2D eigenvalue weighted by atomic mass is 16.7. The van der Waals surface area contributed by atoms with Crippen molar-refractivity contribution in [1.29, 1.82) is 0 Å². The molecule has 0 bridgehead atoms. The highest BCUT2D eigenvalue weighted by Gasteiger charge is 2.15. The monoisotopic (exact) mass is 235 g/mol. The summed E-state index contributed by atoms with van der Waals surface area (Å²) >= 11 is 0. The lowest BCUT2D eigenvalue weighted by Gasteiger charge is -2.07. The van der Waals surface area contributed by atoms with Gasteiger partial charge in [-0.2, -0.15) is 0 Å². The van der Waals surface area contributed by atoms with Crippen LogP contribution in [0.2, 0.25) is 0 Å². The predicted octanol–water partition coefficient (Wildman–Crippen LogP) is 2.19. The van der Waals surface area contributed by atoms with Crippen molar-refractivity contribution in [1.82, 2.24) is 5.32 Å². The van der Waals surface area contributed by atoms with Gasteiger partial charge >= 0.3 is 0 Å². The maximum absolute atomic E-state index is 11.8. The molecule has 17 heavy (non-hydrogen) atoms. The van der Waals surface area contributed by atoms with Gasteiger partial charge in [-0.25, -0.2) is 0 Å². The molecule has 2 rings (SSSR count). The molecule has 0 aliphatic carbocycles. The fourth-order valence-electron chi connectivity index (χ4n) is 1.61. The Hall–Kier alpha value is -1.71. The maximum atomic E-state index is 11.8. The van der Waals surface area contributed by atoms with Gasteiger partial charge in [0, 0.05) is 12.1 Å². The first-order valence-electron chi connectivity index (χ1n) is 5.84. The first kappa shape index (κ1) is 11.8. The van der Waals surface area contributed by atoms with Crippen molar-refractivity contribution in [3.63, 3.8) is 0 Å². The van der Waals surface area contributed by atoms with Crippen molar-refractivity contribution in [3.8, 4) is 11.5 Å². The Kier molecular flexibility index (Phi) is 3.52. The normalized spacial score (nSPS) is 12.9. The summed E-state index contributed by atoms with van der Waals surface area (Å²) in [6.45, 7) is 5.19. The topological polar surface area (TPSA) is 47.6 Å². The molecule has 0 saturated carbocycles. The van der Waals surface area contributed by atoms with E-state index in [1.807, 2.05) is 0 Å². The molecule has 0 spiro atoms. The van der Waals surface area contributed by atoms with Crippen LogP contribution in [0.3, 0.4) is 0 Å². The Morgan fingerprint density at radius 3 is 2.88 bits per heavy atom. The molecule has 0 atom stereocenters. The maximum Gasteiger partial charge on any atom is 0.251 e. The van der Waals surface area contributed by atoms with Crippen LogP contribution in [0.4, 0.5) is 0 Å². The van der Waals surface area contributed by atoms with Crippen LogP contribution in [0, 0.1) is 5.92 Å². The van der Waals surface area contributed by atoms with Crippen molar-refractivity contribution in [2.24, 2.45) is 5.92 Å². The molecule has 1 amide bonds. The van der Waals surface area contributed by atoms with E-state index >= 15 is 0 Å². The zero-order valence-electron chi connectivity index (χ0n) is 10.2. The molecule has 1 aliphatic rings. The van der Waals surface area contributed by atoms with Crippen molar-refractivity contribution in [3.05, 3.63) is 23.8 Å². The van der Waals surface area contributed by atoms with E-state index < -0.39 is 0 Å². The van der Waals surface area contributed by atoms with E-state index in [2.05, 4.69) is 19.2 Å². The highest BCUT2D eigenvalue weighted by molar-refractivity contribution is 5.94. The van der Waals surface area contributed by atoms with Crippen LogP contribution >= 0.6 is 0 Å². The van der Waals surface area contributed by atoms with Gasteiger partial charge in [-0.15, -0.1) is 0 Å². The number of hydrogen-bond donors (Lipinski definition) is 1. The van der Waals surface area contributed by atoms with Gasteiger partial charge in [0.15, 0.2) is 11.5 Å². The zero-order valence-corrected chi connectivity index (χ0v) is 10.2. The van der Waals surface area contributed by atoms with E-state index in [0.717, 1.165) is 6.42 Å². The average molecular weight is 235 g/mol. The smallest absolute Gasteiger partial charge is 0.251 e. The summed E-state index contributed by atoms with van der Waals surface area (Å²) in [6.07, 6.45) is 0.982. The van der Waals surface area contributed by atoms with Gasteiger partial charge in [0.2, 0.25) is 6.79 Å². The molecule has 92 valence electrons. The van der Waals surface area contributed by atoms with Gasteiger partial charge in [0.25, 0.3) is 5.91 Å². The van der Waals surface area contributed by atoms with Crippen molar-refractivity contribution in [2.45, 2.75) is 20.3 Å². The third-order valence-electron chi connectivity index (χ3n) is 2.64. The number of nitrogens with one attached hydrogen (secondary N) is 1. The minimum Gasteiger partial charge on any atom is -0.454 e. The van der Waals surface area contributed by atoms with Crippen LogP contribution in [-0.2, 0) is 0 Å². The second kappa shape index (κ2) is 5.08. The fraction of sp³-hybridized carbons (Fsp3) is 0.462. The van der Waals surface area contributed by atoms with Gasteiger partial charge < -0.3 is 14.8 Å². The highest BCUT2D eigenvalue weighted by Crippen LogP contribution is 2.32. The molecule has 1 heterocycles. The molecule has 0 saturated heterocycles. The molecule has 0 unspecified atom stereocenters. The van der Waals surface area contributed by atoms with Gasteiger partial charge in [-0.3, -0.25) is 4.79 Å². The second-order valence-electron chi connectivity index (χ2n) is 4.51. The molecule has 1 aromatic carbocycles. The number of amides is 1. The number of hydrogen-bond acceptors (Lipinski definition) is 3. The van der Waals surface area contributed by atoms with Crippen LogP contribution < -0.4 is 14.8 Å². The lowest BCUT2D eigenvalue weighted by molar-refractivity contribution is 0.0951. The summed E-state index contributed by atoms with van der Waals surface area (Å²) in [5.74, 6) is 1.86. The molecule has 1 N–H and O–H groups in total. The second-order valence-corrected chi connectivity index (χ2v) is 4.51. The summed E-state index contributed by atoms with van der Waals surface area (Å²) in [5.41, 5.74) is 0.609. The first-order valence-corrected chi connectivity index (χ1v) is 5.84. The van der Waals surface area contributed by atoms with Gasteiger partial charge in [-0.1, -0.05) is 13.8 Å². The average Bonchev–Trinajstić information content (AvgIpc) is 2.75. The minimum atomic E-state index is -0.0658. The van der Waals surface area contributed by atoms with Gasteiger partial charge in [-0.05, 0) is 30.5 Å². The largest absolute Gasteiger partial charge is 0.454 e. The SMILES string of the molecule is CC(C)CCNC(=O)c1ccc2c(c1)OCO2. The third kappa shape index (κ3) is 2.90. The van der Waals surface area contributed by atoms with E-state index in [4.69, 9.17) is 9.47 Å². The van der Waals surface area contributed by atoms with E-state index in [1.54, 1.807) is 18.2 Å². The van der Waals surface area contributed by atoms with Crippen molar-refractivity contribution >= 4 is 5.91 Å². The summed E-state index contributed by atoms with van der Waals surface area (Å²) in [7, 11) is 0. The molecule has 0 aromatic heterocycles. The molecule has 0 fully saturated rings. The van der Waals surface area contributed by atoms with Crippen LogP contribution in [0.15, 0.2) is 18.2 Å². The van der Waals surface area contributed by atoms with Crippen molar-refractivity contribution < 1.29 is 14.3 Å². The lowest BCUT2D eigenvalue weighted by atomic mass is 10.1. The predicted molar refractivity (Wildman–Crippen MR) is 64.4 cm³/mol. The molecule has 4 heteroatoms. The number of fused-ring (bicyclic) bond motifs is 1.